The molecule has 1 aromatic rings. The van der Waals surface area contributed by atoms with Gasteiger partial charge in [-0.25, -0.2) is 0 Å². The third-order valence-corrected chi connectivity index (χ3v) is 6.26. The van der Waals surface area contributed by atoms with Gasteiger partial charge in [0.05, 0.1) is 18.7 Å². The highest BCUT2D eigenvalue weighted by Crippen LogP contribution is 2.45. The molecule has 2 saturated carbocycles. The predicted molar refractivity (Wildman–Crippen MR) is 100 cm³/mol. The quantitative estimate of drug-likeness (QED) is 0.863. The van der Waals surface area contributed by atoms with E-state index in [2.05, 4.69) is 56.2 Å². The SMILES string of the molecule is Cc1ccc(C)c(C(C)NC(=O)CN(C)C2C[C@H]3CC(O)C[C@H]3C2)c1. The summed E-state index contributed by atoms with van der Waals surface area (Å²) in [5, 5.41) is 12.9. The molecule has 5 atom stereocenters. The van der Waals surface area contributed by atoms with Gasteiger partial charge in [-0.15, -0.1) is 0 Å². The second-order valence-corrected chi connectivity index (χ2v) is 8.33. The minimum Gasteiger partial charge on any atom is -0.393 e. The molecule has 2 fully saturated rings. The number of hydrogen-bond donors (Lipinski definition) is 2. The van der Waals surface area contributed by atoms with E-state index in [1.807, 2.05) is 0 Å². The number of fused-ring (bicyclic) bond motifs is 1. The van der Waals surface area contributed by atoms with Gasteiger partial charge in [0.15, 0.2) is 0 Å². The Morgan fingerprint density at radius 3 is 2.52 bits per heavy atom. The van der Waals surface area contributed by atoms with Crippen molar-refractivity contribution in [3.05, 3.63) is 34.9 Å². The van der Waals surface area contributed by atoms with Gasteiger partial charge in [0.25, 0.3) is 0 Å². The van der Waals surface area contributed by atoms with E-state index in [-0.39, 0.29) is 18.1 Å². The first-order chi connectivity index (χ1) is 11.8. The molecular weight excluding hydrogens is 312 g/mol. The molecule has 1 amide bonds. The highest BCUT2D eigenvalue weighted by atomic mass is 16.3. The van der Waals surface area contributed by atoms with E-state index < -0.39 is 0 Å². The van der Waals surface area contributed by atoms with Gasteiger partial charge in [-0.3, -0.25) is 9.69 Å². The van der Waals surface area contributed by atoms with Crippen molar-refractivity contribution in [3.8, 4) is 0 Å². The number of amides is 1. The first-order valence-corrected chi connectivity index (χ1v) is 9.58. The zero-order chi connectivity index (χ0) is 18.1. The fraction of sp³-hybridized carbons (Fsp3) is 0.667. The number of likely N-dealkylation sites (N-methyl/N-ethyl adjacent to an activating group) is 1. The zero-order valence-electron chi connectivity index (χ0n) is 16.0. The molecule has 0 saturated heterocycles. The van der Waals surface area contributed by atoms with Gasteiger partial charge in [-0.1, -0.05) is 23.8 Å². The first kappa shape index (κ1) is 18.4. The van der Waals surface area contributed by atoms with Crippen LogP contribution in [0.25, 0.3) is 0 Å². The Hall–Kier alpha value is -1.39. The van der Waals surface area contributed by atoms with Crippen molar-refractivity contribution in [1.82, 2.24) is 10.2 Å². The molecule has 2 aliphatic carbocycles. The number of nitrogens with zero attached hydrogens (tertiary/aromatic N) is 1. The molecule has 4 nitrogen and oxygen atoms in total. The topological polar surface area (TPSA) is 52.6 Å². The van der Waals surface area contributed by atoms with Crippen molar-refractivity contribution >= 4 is 5.91 Å². The van der Waals surface area contributed by atoms with E-state index in [0.29, 0.717) is 24.4 Å². The molecule has 0 radical (unpaired) electrons. The van der Waals surface area contributed by atoms with Crippen molar-refractivity contribution in [2.75, 3.05) is 13.6 Å². The Bertz CT molecular complexity index is 616. The smallest absolute Gasteiger partial charge is 0.234 e. The van der Waals surface area contributed by atoms with Crippen molar-refractivity contribution in [3.63, 3.8) is 0 Å². The summed E-state index contributed by atoms with van der Waals surface area (Å²) in [6.07, 6.45) is 4.05. The van der Waals surface area contributed by atoms with Crippen LogP contribution in [0.3, 0.4) is 0 Å². The molecular formula is C21H32N2O2. The van der Waals surface area contributed by atoms with E-state index in [1.54, 1.807) is 0 Å². The molecule has 3 unspecified atom stereocenters. The number of aliphatic hydroxyl groups is 1. The Kier molecular flexibility index (Phi) is 5.49. The summed E-state index contributed by atoms with van der Waals surface area (Å²) < 4.78 is 0. The number of benzene rings is 1. The Morgan fingerprint density at radius 2 is 1.88 bits per heavy atom. The number of aryl methyl sites for hydroxylation is 2. The van der Waals surface area contributed by atoms with Gasteiger partial charge in [0.1, 0.15) is 0 Å². The van der Waals surface area contributed by atoms with Gasteiger partial charge >= 0.3 is 0 Å². The van der Waals surface area contributed by atoms with E-state index in [9.17, 15) is 9.90 Å². The van der Waals surface area contributed by atoms with Crippen LogP contribution in [-0.4, -0.2) is 41.7 Å². The lowest BCUT2D eigenvalue weighted by Gasteiger charge is -2.26. The largest absolute Gasteiger partial charge is 0.393 e. The summed E-state index contributed by atoms with van der Waals surface area (Å²) in [5.41, 5.74) is 3.63. The van der Waals surface area contributed by atoms with Crippen LogP contribution < -0.4 is 5.32 Å². The van der Waals surface area contributed by atoms with Crippen LogP contribution in [0.4, 0.5) is 0 Å². The number of hydrogen-bond acceptors (Lipinski definition) is 3. The van der Waals surface area contributed by atoms with Crippen LogP contribution in [0.5, 0.6) is 0 Å². The predicted octanol–water partition coefficient (Wildman–Crippen LogP) is 2.96. The molecule has 25 heavy (non-hydrogen) atoms. The third kappa shape index (κ3) is 4.24. The average molecular weight is 344 g/mol. The molecule has 0 heterocycles. The summed E-state index contributed by atoms with van der Waals surface area (Å²) in [7, 11) is 2.06. The minimum absolute atomic E-state index is 0.0268. The van der Waals surface area contributed by atoms with E-state index in [0.717, 1.165) is 25.7 Å². The van der Waals surface area contributed by atoms with Gasteiger partial charge in [-0.2, -0.15) is 0 Å². The maximum Gasteiger partial charge on any atom is 0.234 e. The lowest BCUT2D eigenvalue weighted by Crippen LogP contribution is -2.40. The highest BCUT2D eigenvalue weighted by molar-refractivity contribution is 5.78. The second kappa shape index (κ2) is 7.46. The van der Waals surface area contributed by atoms with Gasteiger partial charge in [0.2, 0.25) is 5.91 Å². The van der Waals surface area contributed by atoms with Crippen molar-refractivity contribution in [2.24, 2.45) is 11.8 Å². The summed E-state index contributed by atoms with van der Waals surface area (Å²) in [4.78, 5) is 14.7. The molecule has 2 aliphatic rings. The molecule has 0 aliphatic heterocycles. The van der Waals surface area contributed by atoms with Crippen LogP contribution in [0.15, 0.2) is 18.2 Å². The minimum atomic E-state index is -0.0945. The first-order valence-electron chi connectivity index (χ1n) is 9.58. The lowest BCUT2D eigenvalue weighted by molar-refractivity contribution is -0.123. The second-order valence-electron chi connectivity index (χ2n) is 8.33. The summed E-state index contributed by atoms with van der Waals surface area (Å²) in [6.45, 7) is 6.68. The van der Waals surface area contributed by atoms with Gasteiger partial charge < -0.3 is 10.4 Å². The summed E-state index contributed by atoms with van der Waals surface area (Å²) in [5.74, 6) is 1.40. The zero-order valence-corrected chi connectivity index (χ0v) is 16.0. The van der Waals surface area contributed by atoms with Crippen molar-refractivity contribution in [2.45, 2.75) is 64.6 Å². The van der Waals surface area contributed by atoms with Crippen molar-refractivity contribution < 1.29 is 9.90 Å². The normalized spacial score (nSPS) is 29.7. The molecule has 1 aromatic carbocycles. The molecule has 2 N–H and O–H groups in total. The molecule has 4 heteroatoms. The monoisotopic (exact) mass is 344 g/mol. The average Bonchev–Trinajstić information content (AvgIpc) is 3.06. The molecule has 138 valence electrons. The van der Waals surface area contributed by atoms with E-state index in [1.165, 1.54) is 16.7 Å². The molecule has 0 bridgehead atoms. The summed E-state index contributed by atoms with van der Waals surface area (Å²) in [6, 6.07) is 6.89. The van der Waals surface area contributed by atoms with Gasteiger partial charge in [0, 0.05) is 6.04 Å². The highest BCUT2D eigenvalue weighted by Gasteiger charge is 2.42. The summed E-state index contributed by atoms with van der Waals surface area (Å²) >= 11 is 0. The van der Waals surface area contributed by atoms with Gasteiger partial charge in [-0.05, 0) is 76.5 Å². The van der Waals surface area contributed by atoms with E-state index >= 15 is 0 Å². The van der Waals surface area contributed by atoms with E-state index in [4.69, 9.17) is 0 Å². The van der Waals surface area contributed by atoms with Crippen LogP contribution in [0.1, 0.15) is 55.3 Å². The number of nitrogens with one attached hydrogen (secondary N) is 1. The van der Waals surface area contributed by atoms with Crippen LogP contribution in [0.2, 0.25) is 0 Å². The fourth-order valence-corrected chi connectivity index (χ4v) is 4.86. The van der Waals surface area contributed by atoms with Crippen molar-refractivity contribution in [1.29, 1.82) is 0 Å². The lowest BCUT2D eigenvalue weighted by atomic mass is 10.00. The third-order valence-electron chi connectivity index (χ3n) is 6.26. The molecule has 0 spiro atoms. The van der Waals surface area contributed by atoms with Crippen LogP contribution >= 0.6 is 0 Å². The Morgan fingerprint density at radius 1 is 1.24 bits per heavy atom. The number of carbonyl (C=O) groups is 1. The number of aliphatic hydroxyl groups excluding tert-OH is 1. The molecule has 0 aromatic heterocycles. The number of carbonyl (C=O) groups excluding carboxylic acids is 1. The maximum absolute atomic E-state index is 12.5. The molecule has 3 rings (SSSR count). The Balaban J connectivity index is 1.51. The maximum atomic E-state index is 12.5. The Labute approximate surface area is 151 Å². The standard InChI is InChI=1S/C21H32N2O2/c1-13-5-6-14(2)20(7-13)15(3)22-21(25)12-23(4)18-8-16-10-19(24)11-17(16)9-18/h5-7,15-19,24H,8-12H2,1-4H3,(H,22,25)/t15?,16-,17+,18?,19?. The number of rotatable bonds is 5. The van der Waals surface area contributed by atoms with Crippen LogP contribution in [0, 0.1) is 25.7 Å². The fourth-order valence-electron chi connectivity index (χ4n) is 4.86. The van der Waals surface area contributed by atoms with Crippen LogP contribution in [-0.2, 0) is 4.79 Å².